The molecular weight excluding hydrogens is 246 g/mol. The van der Waals surface area contributed by atoms with E-state index in [-0.39, 0.29) is 0 Å². The molecule has 0 aliphatic rings. The lowest BCUT2D eigenvalue weighted by Crippen LogP contribution is -2.10. The van der Waals surface area contributed by atoms with E-state index in [4.69, 9.17) is 0 Å². The van der Waals surface area contributed by atoms with Gasteiger partial charge in [-0.1, -0.05) is 48.5 Å². The molecule has 3 nitrogen and oxygen atoms in total. The molecule has 0 atom stereocenters. The van der Waals surface area contributed by atoms with Gasteiger partial charge < -0.3 is 4.90 Å². The first kappa shape index (κ1) is 12.5. The number of hydrogen-bond acceptors (Lipinski definition) is 2. The zero-order valence-electron chi connectivity index (χ0n) is 11.7. The summed E-state index contributed by atoms with van der Waals surface area (Å²) >= 11 is 0. The average Bonchev–Trinajstić information content (AvgIpc) is 2.90. The zero-order chi connectivity index (χ0) is 13.9. The predicted molar refractivity (Wildman–Crippen MR) is 83.1 cm³/mol. The molecule has 3 rings (SSSR count). The minimum Gasteiger partial charge on any atom is -0.328 e. The van der Waals surface area contributed by atoms with Crippen LogP contribution in [0.4, 0.5) is 11.5 Å². The van der Waals surface area contributed by atoms with Crippen LogP contribution < -0.4 is 4.90 Å². The van der Waals surface area contributed by atoms with Crippen LogP contribution in [0.3, 0.4) is 0 Å². The third kappa shape index (κ3) is 2.30. The number of aromatic nitrogens is 2. The van der Waals surface area contributed by atoms with Crippen LogP contribution in [0.15, 0.2) is 66.7 Å². The number of benzene rings is 2. The van der Waals surface area contributed by atoms with E-state index in [1.54, 1.807) is 0 Å². The summed E-state index contributed by atoms with van der Waals surface area (Å²) in [4.78, 5) is 2.09. The number of rotatable bonds is 3. The molecule has 0 fully saturated rings. The summed E-state index contributed by atoms with van der Waals surface area (Å²) in [6.45, 7) is 0. The summed E-state index contributed by atoms with van der Waals surface area (Å²) in [5.41, 5.74) is 3.42. The van der Waals surface area contributed by atoms with Crippen molar-refractivity contribution in [3.05, 3.63) is 66.7 Å². The van der Waals surface area contributed by atoms with Gasteiger partial charge in [0, 0.05) is 25.8 Å². The Bertz CT molecular complexity index is 687. The molecule has 20 heavy (non-hydrogen) atoms. The van der Waals surface area contributed by atoms with E-state index in [2.05, 4.69) is 40.3 Å². The van der Waals surface area contributed by atoms with Crippen molar-refractivity contribution >= 4 is 11.5 Å². The van der Waals surface area contributed by atoms with E-state index >= 15 is 0 Å². The molecule has 0 unspecified atom stereocenters. The number of hydrogen-bond donors (Lipinski definition) is 0. The first-order valence-electron chi connectivity index (χ1n) is 6.64. The Labute approximate surface area is 119 Å². The SMILES string of the molecule is CN(c1ccccc1)c1cc(-c2ccccc2)n(C)n1. The molecule has 0 saturated carbocycles. The fourth-order valence-electron chi connectivity index (χ4n) is 2.28. The first-order valence-corrected chi connectivity index (χ1v) is 6.64. The summed E-state index contributed by atoms with van der Waals surface area (Å²) < 4.78 is 1.92. The van der Waals surface area contributed by atoms with E-state index in [0.717, 1.165) is 17.2 Å². The highest BCUT2D eigenvalue weighted by Gasteiger charge is 2.11. The van der Waals surface area contributed by atoms with Crippen LogP contribution in [0.5, 0.6) is 0 Å². The highest BCUT2D eigenvalue weighted by atomic mass is 15.3. The molecule has 1 heterocycles. The normalized spacial score (nSPS) is 10.5. The van der Waals surface area contributed by atoms with Crippen molar-refractivity contribution in [2.75, 3.05) is 11.9 Å². The Morgan fingerprint density at radius 2 is 1.50 bits per heavy atom. The van der Waals surface area contributed by atoms with Gasteiger partial charge in [-0.25, -0.2) is 0 Å². The van der Waals surface area contributed by atoms with Crippen molar-refractivity contribution in [2.45, 2.75) is 0 Å². The molecule has 0 amide bonds. The quantitative estimate of drug-likeness (QED) is 0.715. The molecule has 0 saturated heterocycles. The summed E-state index contributed by atoms with van der Waals surface area (Å²) in [7, 11) is 4.01. The third-order valence-corrected chi connectivity index (χ3v) is 3.42. The Morgan fingerprint density at radius 3 is 2.15 bits per heavy atom. The van der Waals surface area contributed by atoms with Crippen LogP contribution in [0.25, 0.3) is 11.3 Å². The van der Waals surface area contributed by atoms with Crippen LogP contribution >= 0.6 is 0 Å². The van der Waals surface area contributed by atoms with E-state index in [1.807, 2.05) is 55.2 Å². The van der Waals surface area contributed by atoms with Crippen molar-refractivity contribution in [1.82, 2.24) is 9.78 Å². The maximum absolute atomic E-state index is 4.61. The van der Waals surface area contributed by atoms with Crippen molar-refractivity contribution in [1.29, 1.82) is 0 Å². The smallest absolute Gasteiger partial charge is 0.155 e. The average molecular weight is 263 g/mol. The molecule has 0 N–H and O–H groups in total. The third-order valence-electron chi connectivity index (χ3n) is 3.42. The second-order valence-corrected chi connectivity index (χ2v) is 4.77. The van der Waals surface area contributed by atoms with E-state index in [0.29, 0.717) is 0 Å². The summed E-state index contributed by atoms with van der Waals surface area (Å²) in [6.07, 6.45) is 0. The molecule has 2 aromatic carbocycles. The van der Waals surface area contributed by atoms with Crippen LogP contribution in [0.1, 0.15) is 0 Å². The number of anilines is 2. The fourth-order valence-corrected chi connectivity index (χ4v) is 2.28. The maximum Gasteiger partial charge on any atom is 0.155 e. The van der Waals surface area contributed by atoms with Gasteiger partial charge in [0.2, 0.25) is 0 Å². The summed E-state index contributed by atoms with van der Waals surface area (Å²) in [6, 6.07) is 22.7. The fraction of sp³-hybridized carbons (Fsp3) is 0.118. The van der Waals surface area contributed by atoms with Gasteiger partial charge in [0.15, 0.2) is 5.82 Å². The Morgan fingerprint density at radius 1 is 0.900 bits per heavy atom. The van der Waals surface area contributed by atoms with Gasteiger partial charge in [-0.15, -0.1) is 0 Å². The summed E-state index contributed by atoms with van der Waals surface area (Å²) in [5, 5.41) is 4.61. The van der Waals surface area contributed by atoms with Crippen molar-refractivity contribution in [3.63, 3.8) is 0 Å². The Balaban J connectivity index is 1.97. The van der Waals surface area contributed by atoms with Crippen LogP contribution in [0.2, 0.25) is 0 Å². The van der Waals surface area contributed by atoms with E-state index < -0.39 is 0 Å². The molecule has 3 aromatic rings. The van der Waals surface area contributed by atoms with Gasteiger partial charge in [-0.2, -0.15) is 5.10 Å². The first-order chi connectivity index (χ1) is 9.75. The molecule has 3 heteroatoms. The second-order valence-electron chi connectivity index (χ2n) is 4.77. The highest BCUT2D eigenvalue weighted by Crippen LogP contribution is 2.27. The largest absolute Gasteiger partial charge is 0.328 e. The molecule has 100 valence electrons. The van der Waals surface area contributed by atoms with Crippen molar-refractivity contribution in [3.8, 4) is 11.3 Å². The van der Waals surface area contributed by atoms with Gasteiger partial charge in [-0.3, -0.25) is 4.68 Å². The van der Waals surface area contributed by atoms with Crippen LogP contribution in [-0.4, -0.2) is 16.8 Å². The Hall–Kier alpha value is -2.55. The number of aryl methyl sites for hydroxylation is 1. The van der Waals surface area contributed by atoms with Crippen LogP contribution in [-0.2, 0) is 7.05 Å². The summed E-state index contributed by atoms with van der Waals surface area (Å²) in [5.74, 6) is 0.942. The van der Waals surface area contributed by atoms with Crippen LogP contribution in [0, 0.1) is 0 Å². The minimum atomic E-state index is 0.942. The lowest BCUT2D eigenvalue weighted by atomic mass is 10.1. The zero-order valence-corrected chi connectivity index (χ0v) is 11.7. The van der Waals surface area contributed by atoms with Gasteiger partial charge in [0.25, 0.3) is 0 Å². The maximum atomic E-state index is 4.61. The number of para-hydroxylation sites is 1. The molecule has 0 radical (unpaired) electrons. The molecule has 0 bridgehead atoms. The van der Waals surface area contributed by atoms with Gasteiger partial charge in [0.05, 0.1) is 5.69 Å². The Kier molecular flexibility index (Phi) is 3.25. The highest BCUT2D eigenvalue weighted by molar-refractivity contribution is 5.67. The minimum absolute atomic E-state index is 0.942. The molecular formula is C17H17N3. The van der Waals surface area contributed by atoms with Gasteiger partial charge >= 0.3 is 0 Å². The molecule has 0 aliphatic carbocycles. The standard InChI is InChI=1S/C17H17N3/c1-19(15-11-7-4-8-12-15)17-13-16(20(2)18-17)14-9-5-3-6-10-14/h3-13H,1-2H3. The molecule has 1 aromatic heterocycles. The van der Waals surface area contributed by atoms with Gasteiger partial charge in [-0.05, 0) is 17.7 Å². The van der Waals surface area contributed by atoms with E-state index in [9.17, 15) is 0 Å². The number of nitrogens with zero attached hydrogens (tertiary/aromatic N) is 3. The second kappa shape index (κ2) is 5.21. The lowest BCUT2D eigenvalue weighted by Gasteiger charge is -2.15. The predicted octanol–water partition coefficient (Wildman–Crippen LogP) is 3.86. The lowest BCUT2D eigenvalue weighted by molar-refractivity contribution is 0.773. The van der Waals surface area contributed by atoms with E-state index in [1.165, 1.54) is 5.56 Å². The monoisotopic (exact) mass is 263 g/mol. The topological polar surface area (TPSA) is 21.1 Å². The van der Waals surface area contributed by atoms with Crippen molar-refractivity contribution in [2.24, 2.45) is 7.05 Å². The molecule has 0 aliphatic heterocycles. The molecule has 0 spiro atoms. The van der Waals surface area contributed by atoms with Crippen molar-refractivity contribution < 1.29 is 0 Å². The van der Waals surface area contributed by atoms with Gasteiger partial charge in [0.1, 0.15) is 0 Å².